The molecule has 0 aliphatic heterocycles. The SMILES string of the molecule is CCCCCCCCCCCCCCCCCCc1ccc2cc3cc4cc5cc6cc7cc8ccccc8cc7cc6cc5cc4cc3cc2c1[N+](C)(C)c1c(CCCCCCCCCCCCCCCCCC)ccc2cc3cc4cc5cc6cc7cc8ccccc8cc7cc6cc5cc4cc3cc12.[Br-]. The van der Waals surface area contributed by atoms with Crippen LogP contribution in [0.4, 0.5) is 11.4 Å². The lowest BCUT2D eigenvalue weighted by atomic mass is 9.90. The summed E-state index contributed by atoms with van der Waals surface area (Å²) in [5.41, 5.74) is 5.94. The van der Waals surface area contributed by atoms with Crippen molar-refractivity contribution in [3.8, 4) is 0 Å². The van der Waals surface area contributed by atoms with Gasteiger partial charge in [-0.15, -0.1) is 0 Å². The molecule has 552 valence electrons. The van der Waals surface area contributed by atoms with Crippen molar-refractivity contribution in [1.29, 1.82) is 0 Å². The summed E-state index contributed by atoms with van der Waals surface area (Å²) in [6, 6.07) is 86.5. The van der Waals surface area contributed by atoms with Gasteiger partial charge < -0.3 is 17.0 Å². The largest absolute Gasteiger partial charge is 1.00 e. The van der Waals surface area contributed by atoms with Crippen molar-refractivity contribution in [1.82, 2.24) is 4.48 Å². The molecule has 108 heavy (non-hydrogen) atoms. The van der Waals surface area contributed by atoms with Gasteiger partial charge in [-0.2, -0.15) is 0 Å². The number of benzene rings is 16. The third kappa shape index (κ3) is 17.0. The molecule has 0 aromatic heterocycles. The molecule has 16 aromatic carbocycles. The van der Waals surface area contributed by atoms with Crippen LogP contribution >= 0.6 is 0 Å². The van der Waals surface area contributed by atoms with Gasteiger partial charge >= 0.3 is 0 Å². The zero-order valence-electron chi connectivity index (χ0n) is 65.7. The van der Waals surface area contributed by atoms with E-state index in [0.717, 1.165) is 12.8 Å². The number of hydrogen-bond donors (Lipinski definition) is 0. The van der Waals surface area contributed by atoms with E-state index in [4.69, 9.17) is 0 Å². The van der Waals surface area contributed by atoms with Crippen LogP contribution in [0.25, 0.3) is 151 Å². The maximum atomic E-state index is 2.61. The lowest BCUT2D eigenvalue weighted by Crippen LogP contribution is -3.00. The minimum atomic E-state index is 0. The third-order valence-corrected chi connectivity index (χ3v) is 25.2. The van der Waals surface area contributed by atoms with Crippen molar-refractivity contribution in [2.45, 2.75) is 232 Å². The molecule has 0 atom stereocenters. The fourth-order valence-electron chi connectivity index (χ4n) is 19.2. The molecule has 0 aliphatic carbocycles. The van der Waals surface area contributed by atoms with E-state index in [9.17, 15) is 0 Å². The first-order valence-electron chi connectivity index (χ1n) is 42.8. The molecule has 1 nitrogen and oxygen atoms in total. The number of rotatable bonds is 36. The fourth-order valence-corrected chi connectivity index (χ4v) is 19.2. The number of hydrogen-bond acceptors (Lipinski definition) is 0. The molecule has 0 spiro atoms. The van der Waals surface area contributed by atoms with Crippen molar-refractivity contribution in [3.05, 3.63) is 230 Å². The second-order valence-corrected chi connectivity index (χ2v) is 33.5. The maximum absolute atomic E-state index is 2.61. The Balaban J connectivity index is 0.00000930. The molecule has 0 saturated heterocycles. The summed E-state index contributed by atoms with van der Waals surface area (Å²) in [6.45, 7) is 4.64. The van der Waals surface area contributed by atoms with E-state index in [0.29, 0.717) is 4.48 Å². The normalized spacial score (nSPS) is 12.3. The number of halogens is 1. The summed E-state index contributed by atoms with van der Waals surface area (Å²) < 4.78 is 0.680. The Morgan fingerprint density at radius 3 is 0.546 bits per heavy atom. The Hall–Kier alpha value is -8.40. The molecule has 0 N–H and O–H groups in total. The molecule has 2 heteroatoms. The highest BCUT2D eigenvalue weighted by Gasteiger charge is 2.33. The van der Waals surface area contributed by atoms with Crippen LogP contribution in [0.3, 0.4) is 0 Å². The summed E-state index contributed by atoms with van der Waals surface area (Å²) in [7, 11) is 5.13. The van der Waals surface area contributed by atoms with Crippen LogP contribution in [-0.2, 0) is 12.8 Å². The molecule has 0 fully saturated rings. The van der Waals surface area contributed by atoms with E-state index < -0.39 is 0 Å². The van der Waals surface area contributed by atoms with E-state index in [-0.39, 0.29) is 17.0 Å². The van der Waals surface area contributed by atoms with Crippen LogP contribution in [0.5, 0.6) is 0 Å². The second kappa shape index (κ2) is 35.1. The summed E-state index contributed by atoms with van der Waals surface area (Å²) in [5, 5.41) is 36.6. The first-order chi connectivity index (χ1) is 52.7. The summed E-state index contributed by atoms with van der Waals surface area (Å²) >= 11 is 0. The fraction of sp³-hybridized carbons (Fsp3) is 0.358. The van der Waals surface area contributed by atoms with Crippen molar-refractivity contribution in [2.24, 2.45) is 0 Å². The highest BCUT2D eigenvalue weighted by molar-refractivity contribution is 6.17. The number of fused-ring (bicyclic) bond motifs is 14. The molecule has 16 rings (SSSR count). The van der Waals surface area contributed by atoms with Crippen LogP contribution in [0, 0.1) is 0 Å². The minimum Gasteiger partial charge on any atom is -1.00 e. The first-order valence-corrected chi connectivity index (χ1v) is 42.8. The molecule has 0 saturated carbocycles. The van der Waals surface area contributed by atoms with Crippen molar-refractivity contribution < 1.29 is 17.0 Å². The molecule has 16 aromatic rings. The van der Waals surface area contributed by atoms with Crippen LogP contribution in [-0.4, -0.2) is 14.1 Å². The third-order valence-electron chi connectivity index (χ3n) is 25.2. The molecular weight excluding hydrogens is 1370 g/mol. The first kappa shape index (κ1) is 75.0. The Labute approximate surface area is 654 Å². The summed E-state index contributed by atoms with van der Waals surface area (Å²) in [4.78, 5) is 0. The van der Waals surface area contributed by atoms with Crippen LogP contribution in [0.1, 0.15) is 230 Å². The Bertz CT molecular complexity index is 5510. The second-order valence-electron chi connectivity index (χ2n) is 33.5. The van der Waals surface area contributed by atoms with E-state index in [1.165, 1.54) is 379 Å². The van der Waals surface area contributed by atoms with Crippen LogP contribution < -0.4 is 21.5 Å². The Kier molecular flexibility index (Phi) is 24.4. The predicted molar refractivity (Wildman–Crippen MR) is 478 cm³/mol. The quantitative estimate of drug-likeness (QED) is 0.0209. The number of aryl methyl sites for hydroxylation is 2. The van der Waals surface area contributed by atoms with Gasteiger partial charge in [0.15, 0.2) is 0 Å². The highest BCUT2D eigenvalue weighted by Crippen LogP contribution is 2.48. The van der Waals surface area contributed by atoms with Gasteiger partial charge in [0.25, 0.3) is 0 Å². The van der Waals surface area contributed by atoms with Crippen molar-refractivity contribution in [2.75, 3.05) is 14.1 Å². The molecule has 0 aliphatic rings. The van der Waals surface area contributed by atoms with Gasteiger partial charge in [-0.25, -0.2) is 0 Å². The lowest BCUT2D eigenvalue weighted by Gasteiger charge is -2.35. The molecule has 0 heterocycles. The van der Waals surface area contributed by atoms with Gasteiger partial charge in [-0.1, -0.05) is 279 Å². The smallest absolute Gasteiger partial charge is 0.148 e. The minimum absolute atomic E-state index is 0. The average molecular weight is 1480 g/mol. The van der Waals surface area contributed by atoms with Crippen LogP contribution in [0.15, 0.2) is 218 Å². The molecule has 0 radical (unpaired) electrons. The van der Waals surface area contributed by atoms with Crippen molar-refractivity contribution in [3.63, 3.8) is 0 Å². The van der Waals surface area contributed by atoms with Crippen molar-refractivity contribution >= 4 is 162 Å². The Morgan fingerprint density at radius 2 is 0.343 bits per heavy atom. The number of quaternary nitrogens is 1. The van der Waals surface area contributed by atoms with Crippen LogP contribution in [0.2, 0.25) is 0 Å². The topological polar surface area (TPSA) is 0 Å². The lowest BCUT2D eigenvalue weighted by molar-refractivity contribution is -0.0000208. The average Bonchev–Trinajstić information content (AvgIpc) is 0.729. The zero-order chi connectivity index (χ0) is 72.5. The zero-order valence-corrected chi connectivity index (χ0v) is 67.2. The van der Waals surface area contributed by atoms with Gasteiger partial charge in [-0.3, -0.25) is 4.48 Å². The van der Waals surface area contributed by atoms with E-state index >= 15 is 0 Å². The maximum Gasteiger partial charge on any atom is 0.148 e. The molecule has 0 unspecified atom stereocenters. The molecular formula is C106H116BrN. The summed E-state index contributed by atoms with van der Waals surface area (Å²) in [5.74, 6) is 0. The van der Waals surface area contributed by atoms with Gasteiger partial charge in [-0.05, 0) is 311 Å². The molecule has 0 bridgehead atoms. The van der Waals surface area contributed by atoms with E-state index in [1.807, 2.05) is 0 Å². The van der Waals surface area contributed by atoms with E-state index in [2.05, 4.69) is 246 Å². The van der Waals surface area contributed by atoms with Gasteiger partial charge in [0.1, 0.15) is 11.4 Å². The number of nitrogens with zero attached hydrogens (tertiary/aromatic N) is 1. The monoisotopic (exact) mass is 1480 g/mol. The predicted octanol–water partition coefficient (Wildman–Crippen LogP) is 30.3. The molecule has 0 amide bonds. The summed E-state index contributed by atoms with van der Waals surface area (Å²) in [6.07, 6.45) is 46.4. The van der Waals surface area contributed by atoms with Gasteiger partial charge in [0.05, 0.1) is 14.1 Å². The van der Waals surface area contributed by atoms with Gasteiger partial charge in [0, 0.05) is 21.9 Å². The number of unbranched alkanes of at least 4 members (excludes halogenated alkanes) is 30. The van der Waals surface area contributed by atoms with Gasteiger partial charge in [0.2, 0.25) is 0 Å². The standard InChI is InChI=1S/C106H116N.BrH/c1-5-7-9-11-13-15-17-19-21-23-25-27-29-31-33-35-41-75-47-49-81-55-87-61-93-67-95-63-89-57-83-51-77-43-37-39-45-79(77)53-85(83)59-91(89)65-97(95)69-99(93)71-101(87)73-103(81)105(75)107(3,4)106-76(42-36-34-32-30-28-26-24-22-20-18-16-14-12-10-8-6-2)48-50-82-56-88-62-94-68-96-64-90-58-84-52-78-44-38-40-46-80(78)54-86(84)60-92(90)66-98(96)70-100(94)72-102(88)74-104(82)106;/h37-40,43-74H,5-36,41-42H2,1-4H3;1H/q+1;/p-1. The Morgan fingerprint density at radius 1 is 0.176 bits per heavy atom. The highest BCUT2D eigenvalue weighted by atomic mass is 79.9. The van der Waals surface area contributed by atoms with E-state index in [1.54, 1.807) is 0 Å².